The fraction of sp³-hybridized carbons (Fsp3) is 0.400. The summed E-state index contributed by atoms with van der Waals surface area (Å²) in [4.78, 5) is 0. The van der Waals surface area contributed by atoms with Crippen LogP contribution < -0.4 is 0 Å². The molecule has 1 rings (SSSR count). The van der Waals surface area contributed by atoms with Crippen LogP contribution in [0.1, 0.15) is 12.1 Å². The van der Waals surface area contributed by atoms with Crippen molar-refractivity contribution in [2.24, 2.45) is 0 Å². The lowest BCUT2D eigenvalue weighted by Crippen LogP contribution is -2.13. The number of aromatic amines is 1. The van der Waals surface area contributed by atoms with Crippen molar-refractivity contribution in [3.05, 3.63) is 11.8 Å². The maximum absolute atomic E-state index is 12.7. The average Bonchev–Trinajstić information content (AvgIpc) is 2.48. The smallest absolute Gasteiger partial charge is 0.276 e. The van der Waals surface area contributed by atoms with Crippen LogP contribution in [0.4, 0.5) is 13.2 Å². The second kappa shape index (κ2) is 4.08. The van der Waals surface area contributed by atoms with E-state index in [2.05, 4.69) is 5.10 Å². The minimum atomic E-state index is -3.05. The molecule has 1 heterocycles. The molecular formula is C5H3Cl2F3N2OS. The summed E-state index contributed by atoms with van der Waals surface area (Å²) < 4.78 is 44.7. The molecule has 80 valence electrons. The van der Waals surface area contributed by atoms with Gasteiger partial charge in [-0.2, -0.15) is 9.49 Å². The Hall–Kier alpha value is -0.270. The van der Waals surface area contributed by atoms with E-state index in [-0.39, 0.29) is 0 Å². The van der Waals surface area contributed by atoms with E-state index in [1.807, 2.05) is 5.10 Å². The molecule has 0 saturated carbocycles. The Kier molecular flexibility index (Phi) is 3.44. The number of H-pyrrole nitrogens is 1. The molecule has 14 heavy (non-hydrogen) atoms. The normalized spacial score (nSPS) is 14.7. The SMILES string of the molecule is O=S(c1cc(C(F)F)[nH]n1)C(F)(Cl)Cl. The fourth-order valence-corrected chi connectivity index (χ4v) is 1.72. The first-order valence-electron chi connectivity index (χ1n) is 3.14. The second-order valence-corrected chi connectivity index (χ2v) is 5.38. The Balaban J connectivity index is 2.93. The maximum atomic E-state index is 12.7. The largest absolute Gasteiger partial charge is 0.338 e. The molecular weight excluding hydrogens is 264 g/mol. The highest BCUT2D eigenvalue weighted by atomic mass is 35.5. The predicted molar refractivity (Wildman–Crippen MR) is 45.5 cm³/mol. The summed E-state index contributed by atoms with van der Waals surface area (Å²) in [6.45, 7) is 0. The summed E-state index contributed by atoms with van der Waals surface area (Å²) in [5.74, 6) is 0. The van der Waals surface area contributed by atoms with Crippen LogP contribution in [0.3, 0.4) is 0 Å². The molecule has 3 nitrogen and oxygen atoms in total. The van der Waals surface area contributed by atoms with Crippen LogP contribution in [-0.2, 0) is 10.8 Å². The second-order valence-electron chi connectivity index (χ2n) is 2.18. The predicted octanol–water partition coefficient (Wildman–Crippen LogP) is 2.51. The van der Waals surface area contributed by atoms with Gasteiger partial charge in [0.25, 0.3) is 6.43 Å². The molecule has 1 aromatic heterocycles. The van der Waals surface area contributed by atoms with Crippen LogP contribution in [0, 0.1) is 0 Å². The summed E-state index contributed by atoms with van der Waals surface area (Å²) in [6.07, 6.45) is -2.81. The van der Waals surface area contributed by atoms with Crippen molar-refractivity contribution >= 4 is 34.0 Å². The molecule has 1 aromatic rings. The van der Waals surface area contributed by atoms with E-state index in [1.54, 1.807) is 0 Å². The van der Waals surface area contributed by atoms with Crippen molar-refractivity contribution < 1.29 is 17.4 Å². The van der Waals surface area contributed by atoms with Gasteiger partial charge in [0.1, 0.15) is 16.5 Å². The van der Waals surface area contributed by atoms with Gasteiger partial charge >= 0.3 is 3.92 Å². The summed E-state index contributed by atoms with van der Waals surface area (Å²) in [5, 5.41) is 4.61. The van der Waals surface area contributed by atoms with Gasteiger partial charge in [0.05, 0.1) is 0 Å². The third-order valence-electron chi connectivity index (χ3n) is 1.21. The lowest BCUT2D eigenvalue weighted by atomic mass is 10.5. The van der Waals surface area contributed by atoms with Crippen LogP contribution in [-0.4, -0.2) is 18.3 Å². The van der Waals surface area contributed by atoms with Gasteiger partial charge in [-0.3, -0.25) is 5.10 Å². The number of nitrogens with zero attached hydrogens (tertiary/aromatic N) is 1. The van der Waals surface area contributed by atoms with E-state index in [1.165, 1.54) is 0 Å². The van der Waals surface area contributed by atoms with E-state index in [9.17, 15) is 17.4 Å². The summed E-state index contributed by atoms with van der Waals surface area (Å²) >= 11 is 9.73. The molecule has 0 aromatic carbocycles. The van der Waals surface area contributed by atoms with Gasteiger partial charge < -0.3 is 0 Å². The van der Waals surface area contributed by atoms with Crippen molar-refractivity contribution in [3.8, 4) is 0 Å². The van der Waals surface area contributed by atoms with Gasteiger partial charge in [-0.15, -0.1) is 0 Å². The first kappa shape index (κ1) is 11.8. The number of rotatable bonds is 3. The minimum Gasteiger partial charge on any atom is -0.276 e. The Morgan fingerprint density at radius 3 is 2.50 bits per heavy atom. The lowest BCUT2D eigenvalue weighted by Gasteiger charge is -2.04. The number of halogens is 5. The number of alkyl halides is 5. The van der Waals surface area contributed by atoms with Crippen molar-refractivity contribution in [1.82, 2.24) is 10.2 Å². The van der Waals surface area contributed by atoms with Crippen molar-refractivity contribution in [3.63, 3.8) is 0 Å². The number of hydrogen-bond acceptors (Lipinski definition) is 2. The van der Waals surface area contributed by atoms with Crippen molar-refractivity contribution in [2.45, 2.75) is 15.4 Å². The third-order valence-corrected chi connectivity index (χ3v) is 3.06. The van der Waals surface area contributed by atoms with Crippen LogP contribution >= 0.6 is 23.2 Å². The van der Waals surface area contributed by atoms with E-state index in [0.29, 0.717) is 0 Å². The molecule has 1 N–H and O–H groups in total. The van der Waals surface area contributed by atoms with Gasteiger partial charge in [0.2, 0.25) is 0 Å². The van der Waals surface area contributed by atoms with E-state index in [4.69, 9.17) is 23.2 Å². The van der Waals surface area contributed by atoms with E-state index >= 15 is 0 Å². The molecule has 0 radical (unpaired) electrons. The number of hydrogen-bond donors (Lipinski definition) is 1. The lowest BCUT2D eigenvalue weighted by molar-refractivity contribution is 0.146. The molecule has 0 aliphatic carbocycles. The molecule has 1 unspecified atom stereocenters. The number of aromatic nitrogens is 2. The average molecular weight is 267 g/mol. The van der Waals surface area contributed by atoms with Crippen LogP contribution in [0.5, 0.6) is 0 Å². The zero-order valence-electron chi connectivity index (χ0n) is 6.31. The Bertz CT molecular complexity index is 351. The zero-order chi connectivity index (χ0) is 10.9. The minimum absolute atomic E-state index is 0.465. The van der Waals surface area contributed by atoms with Gasteiger partial charge in [0.15, 0.2) is 5.03 Å². The molecule has 9 heteroatoms. The van der Waals surface area contributed by atoms with Crippen LogP contribution in [0.25, 0.3) is 0 Å². The maximum Gasteiger partial charge on any atom is 0.338 e. The molecule has 0 amide bonds. The first-order chi connectivity index (χ1) is 6.32. The van der Waals surface area contributed by atoms with Gasteiger partial charge in [-0.1, -0.05) is 23.2 Å². The van der Waals surface area contributed by atoms with Crippen LogP contribution in [0.2, 0.25) is 0 Å². The summed E-state index contributed by atoms with van der Waals surface area (Å²) in [6, 6.07) is 0.736. The van der Waals surface area contributed by atoms with Gasteiger partial charge in [0, 0.05) is 6.07 Å². The molecule has 0 aliphatic rings. The number of nitrogens with one attached hydrogen (secondary N) is 1. The van der Waals surface area contributed by atoms with Crippen LogP contribution in [0.15, 0.2) is 11.1 Å². The van der Waals surface area contributed by atoms with E-state index in [0.717, 1.165) is 6.07 Å². The molecule has 0 bridgehead atoms. The Morgan fingerprint density at radius 1 is 1.57 bits per heavy atom. The fourth-order valence-electron chi connectivity index (χ4n) is 0.643. The molecule has 1 atom stereocenters. The standard InChI is InChI=1S/C5H3Cl2F3N2OS/c6-5(7,10)14(13)3-1-2(4(8)9)11-12-3/h1,4H,(H,11,12). The Morgan fingerprint density at radius 2 is 2.14 bits per heavy atom. The molecule has 0 fully saturated rings. The Labute approximate surface area is 89.0 Å². The molecule has 0 spiro atoms. The first-order valence-corrected chi connectivity index (χ1v) is 5.05. The van der Waals surface area contributed by atoms with E-state index < -0.39 is 31.9 Å². The highest BCUT2D eigenvalue weighted by Crippen LogP contribution is 2.31. The van der Waals surface area contributed by atoms with Gasteiger partial charge in [-0.05, 0) is 0 Å². The van der Waals surface area contributed by atoms with Crippen molar-refractivity contribution in [1.29, 1.82) is 0 Å². The quantitative estimate of drug-likeness (QED) is 0.855. The topological polar surface area (TPSA) is 45.8 Å². The third kappa shape index (κ3) is 2.61. The van der Waals surface area contributed by atoms with Crippen molar-refractivity contribution in [2.75, 3.05) is 0 Å². The van der Waals surface area contributed by atoms with Gasteiger partial charge in [-0.25, -0.2) is 13.0 Å². The summed E-state index contributed by atoms with van der Waals surface area (Å²) in [7, 11) is -2.51. The monoisotopic (exact) mass is 266 g/mol. The highest BCUT2D eigenvalue weighted by Gasteiger charge is 2.34. The zero-order valence-corrected chi connectivity index (χ0v) is 8.64. The highest BCUT2D eigenvalue weighted by molar-refractivity contribution is 7.89. The molecule has 0 aliphatic heterocycles. The molecule has 0 saturated heterocycles. The summed E-state index contributed by atoms with van der Waals surface area (Å²) in [5.41, 5.74) is -0.578.